The number of rotatable bonds is 4. The van der Waals surface area contributed by atoms with Crippen molar-refractivity contribution in [3.05, 3.63) is 29.8 Å². The van der Waals surface area contributed by atoms with Crippen LogP contribution in [-0.2, 0) is 11.0 Å². The summed E-state index contributed by atoms with van der Waals surface area (Å²) in [7, 11) is 0. The summed E-state index contributed by atoms with van der Waals surface area (Å²) >= 11 is 0. The lowest BCUT2D eigenvalue weighted by molar-refractivity contribution is -0.144. The molecular weight excluding hydrogens is 321 g/mol. The molecular formula is C17H23F3N2O2. The van der Waals surface area contributed by atoms with Gasteiger partial charge in [0, 0.05) is 19.1 Å². The third kappa shape index (κ3) is 4.41. The summed E-state index contributed by atoms with van der Waals surface area (Å²) in [5, 5.41) is 0. The zero-order chi connectivity index (χ0) is 17.9. The van der Waals surface area contributed by atoms with Gasteiger partial charge in [-0.05, 0) is 44.7 Å². The molecule has 0 aromatic heterocycles. The molecule has 2 N–H and O–H groups in total. The second kappa shape index (κ2) is 7.42. The number of carbonyl (C=O) groups excluding carboxylic acids is 1. The number of benzene rings is 1. The highest BCUT2D eigenvalue weighted by Gasteiger charge is 2.35. The number of hydrogen-bond donors (Lipinski definition) is 1. The minimum Gasteiger partial charge on any atom is -0.480 e. The van der Waals surface area contributed by atoms with Crippen molar-refractivity contribution in [2.24, 2.45) is 11.7 Å². The monoisotopic (exact) mass is 344 g/mol. The number of carbonyl (C=O) groups is 1. The first kappa shape index (κ1) is 18.6. The maximum Gasteiger partial charge on any atom is 0.419 e. The Kier molecular flexibility index (Phi) is 5.74. The molecule has 0 bridgehead atoms. The van der Waals surface area contributed by atoms with Crippen LogP contribution in [0.15, 0.2) is 24.3 Å². The number of nitrogens with zero attached hydrogens (tertiary/aromatic N) is 1. The summed E-state index contributed by atoms with van der Waals surface area (Å²) < 4.78 is 44.4. The SMILES string of the molecule is C[C@H](Oc1ccccc1C(F)(F)F)C(=O)N1CCC[C@@H]([C@@H](C)N)C1. The van der Waals surface area contributed by atoms with Gasteiger partial charge in [-0.25, -0.2) is 0 Å². The van der Waals surface area contributed by atoms with Gasteiger partial charge in [0.05, 0.1) is 5.56 Å². The molecule has 1 aromatic carbocycles. The molecule has 1 amide bonds. The Hall–Kier alpha value is -1.76. The Morgan fingerprint density at radius 1 is 1.33 bits per heavy atom. The van der Waals surface area contributed by atoms with Crippen molar-refractivity contribution in [2.45, 2.75) is 45.0 Å². The van der Waals surface area contributed by atoms with E-state index in [4.69, 9.17) is 10.5 Å². The van der Waals surface area contributed by atoms with E-state index in [0.717, 1.165) is 18.9 Å². The zero-order valence-corrected chi connectivity index (χ0v) is 13.8. The molecule has 0 unspecified atom stereocenters. The maximum atomic E-state index is 13.0. The van der Waals surface area contributed by atoms with E-state index in [1.54, 1.807) is 4.90 Å². The number of ether oxygens (including phenoxy) is 1. The van der Waals surface area contributed by atoms with Gasteiger partial charge in [0.25, 0.3) is 5.91 Å². The van der Waals surface area contributed by atoms with Crippen molar-refractivity contribution in [1.29, 1.82) is 0 Å². The van der Waals surface area contributed by atoms with Gasteiger partial charge < -0.3 is 15.4 Å². The lowest BCUT2D eigenvalue weighted by atomic mass is 9.92. The lowest BCUT2D eigenvalue weighted by Gasteiger charge is -2.36. The predicted octanol–water partition coefficient (Wildman–Crippen LogP) is 3.06. The van der Waals surface area contributed by atoms with Crippen LogP contribution in [0.1, 0.15) is 32.3 Å². The van der Waals surface area contributed by atoms with Crippen LogP contribution in [0.4, 0.5) is 13.2 Å². The highest BCUT2D eigenvalue weighted by Crippen LogP contribution is 2.36. The van der Waals surface area contributed by atoms with Gasteiger partial charge in [-0.2, -0.15) is 13.2 Å². The van der Waals surface area contributed by atoms with Crippen molar-refractivity contribution < 1.29 is 22.7 Å². The third-order valence-corrected chi connectivity index (χ3v) is 4.36. The fraction of sp³-hybridized carbons (Fsp3) is 0.588. The Balaban J connectivity index is 2.07. The Morgan fingerprint density at radius 2 is 2.00 bits per heavy atom. The van der Waals surface area contributed by atoms with E-state index < -0.39 is 17.8 Å². The fourth-order valence-electron chi connectivity index (χ4n) is 2.94. The molecule has 1 fully saturated rings. The topological polar surface area (TPSA) is 55.6 Å². The second-order valence-electron chi connectivity index (χ2n) is 6.30. The van der Waals surface area contributed by atoms with Crippen LogP contribution in [0.5, 0.6) is 5.75 Å². The summed E-state index contributed by atoms with van der Waals surface area (Å²) in [6.45, 7) is 4.48. The molecule has 1 aliphatic heterocycles. The fourth-order valence-corrected chi connectivity index (χ4v) is 2.94. The van der Waals surface area contributed by atoms with Crippen LogP contribution in [0.25, 0.3) is 0 Å². The van der Waals surface area contributed by atoms with Gasteiger partial charge in [0.15, 0.2) is 6.10 Å². The number of hydrogen-bond acceptors (Lipinski definition) is 3. The number of likely N-dealkylation sites (tertiary alicyclic amines) is 1. The molecule has 4 nitrogen and oxygen atoms in total. The molecule has 3 atom stereocenters. The minimum atomic E-state index is -4.52. The molecule has 0 aliphatic carbocycles. The molecule has 0 saturated carbocycles. The Bertz CT molecular complexity index is 575. The average molecular weight is 344 g/mol. The normalized spacial score (nSPS) is 21.2. The molecule has 0 spiro atoms. The summed E-state index contributed by atoms with van der Waals surface area (Å²) in [6.07, 6.45) is -3.72. The van der Waals surface area contributed by atoms with E-state index in [1.165, 1.54) is 25.1 Å². The van der Waals surface area contributed by atoms with E-state index >= 15 is 0 Å². The Morgan fingerprint density at radius 3 is 2.62 bits per heavy atom. The maximum absolute atomic E-state index is 13.0. The van der Waals surface area contributed by atoms with Crippen molar-refractivity contribution in [3.8, 4) is 5.75 Å². The number of alkyl halides is 3. The van der Waals surface area contributed by atoms with Crippen molar-refractivity contribution in [2.75, 3.05) is 13.1 Å². The van der Waals surface area contributed by atoms with Gasteiger partial charge in [0.1, 0.15) is 5.75 Å². The summed E-state index contributed by atoms with van der Waals surface area (Å²) in [5.41, 5.74) is 5.02. The van der Waals surface area contributed by atoms with Crippen molar-refractivity contribution >= 4 is 5.91 Å². The van der Waals surface area contributed by atoms with E-state index in [-0.39, 0.29) is 23.6 Å². The van der Waals surface area contributed by atoms with Gasteiger partial charge in [-0.15, -0.1) is 0 Å². The number of para-hydroxylation sites is 1. The summed E-state index contributed by atoms with van der Waals surface area (Å²) in [4.78, 5) is 14.1. The standard InChI is InChI=1S/C17H23F3N2O2/c1-11(21)13-6-5-9-22(10-13)16(23)12(2)24-15-8-4-3-7-14(15)17(18,19)20/h3-4,7-8,11-13H,5-6,9-10,21H2,1-2H3/t11-,12+,13-/m1/s1. The molecule has 0 radical (unpaired) electrons. The van der Waals surface area contributed by atoms with Crippen LogP contribution in [0.3, 0.4) is 0 Å². The molecule has 1 heterocycles. The number of nitrogens with two attached hydrogens (primary N) is 1. The first-order valence-electron chi connectivity index (χ1n) is 8.07. The van der Waals surface area contributed by atoms with Gasteiger partial charge in [-0.1, -0.05) is 12.1 Å². The largest absolute Gasteiger partial charge is 0.480 e. The highest BCUT2D eigenvalue weighted by atomic mass is 19.4. The number of piperidine rings is 1. The molecule has 7 heteroatoms. The first-order valence-corrected chi connectivity index (χ1v) is 8.07. The van der Waals surface area contributed by atoms with E-state index in [1.807, 2.05) is 6.92 Å². The van der Waals surface area contributed by atoms with Crippen molar-refractivity contribution in [1.82, 2.24) is 4.90 Å². The van der Waals surface area contributed by atoms with Gasteiger partial charge >= 0.3 is 6.18 Å². The van der Waals surface area contributed by atoms with Crippen LogP contribution >= 0.6 is 0 Å². The summed E-state index contributed by atoms with van der Waals surface area (Å²) in [5.74, 6) is -0.429. The average Bonchev–Trinajstić information content (AvgIpc) is 2.53. The Labute approximate surface area is 139 Å². The molecule has 24 heavy (non-hydrogen) atoms. The smallest absolute Gasteiger partial charge is 0.419 e. The van der Waals surface area contributed by atoms with E-state index in [0.29, 0.717) is 13.1 Å². The molecule has 1 aliphatic rings. The lowest BCUT2D eigenvalue weighted by Crippen LogP contribution is -2.49. The van der Waals surface area contributed by atoms with Gasteiger partial charge in [-0.3, -0.25) is 4.79 Å². The first-order chi connectivity index (χ1) is 11.2. The summed E-state index contributed by atoms with van der Waals surface area (Å²) in [6, 6.07) is 4.89. The van der Waals surface area contributed by atoms with Crippen LogP contribution in [-0.4, -0.2) is 36.0 Å². The van der Waals surface area contributed by atoms with Crippen LogP contribution < -0.4 is 10.5 Å². The molecule has 1 aromatic rings. The van der Waals surface area contributed by atoms with Gasteiger partial charge in [0.2, 0.25) is 0 Å². The molecule has 134 valence electrons. The predicted molar refractivity (Wildman–Crippen MR) is 84.5 cm³/mol. The zero-order valence-electron chi connectivity index (χ0n) is 13.8. The second-order valence-corrected chi connectivity index (χ2v) is 6.30. The van der Waals surface area contributed by atoms with Crippen LogP contribution in [0.2, 0.25) is 0 Å². The van der Waals surface area contributed by atoms with Crippen LogP contribution in [0, 0.1) is 5.92 Å². The highest BCUT2D eigenvalue weighted by molar-refractivity contribution is 5.81. The van der Waals surface area contributed by atoms with E-state index in [2.05, 4.69) is 0 Å². The third-order valence-electron chi connectivity index (χ3n) is 4.36. The van der Waals surface area contributed by atoms with Crippen molar-refractivity contribution in [3.63, 3.8) is 0 Å². The number of amides is 1. The minimum absolute atomic E-state index is 0.0252. The molecule has 1 saturated heterocycles. The number of halogens is 3. The quantitative estimate of drug-likeness (QED) is 0.913. The van der Waals surface area contributed by atoms with E-state index in [9.17, 15) is 18.0 Å². The molecule has 2 rings (SSSR count).